The molecular formula is C11H6N3. The Morgan fingerprint density at radius 3 is 3.07 bits per heavy atom. The maximum atomic E-state index is 4.29. The summed E-state index contributed by atoms with van der Waals surface area (Å²) < 4.78 is 0. The highest BCUT2D eigenvalue weighted by Crippen LogP contribution is 2.18. The maximum absolute atomic E-state index is 4.29. The third-order valence-electron chi connectivity index (χ3n) is 2.15. The molecule has 0 bridgehead atoms. The second-order valence-corrected chi connectivity index (χ2v) is 3.00. The highest BCUT2D eigenvalue weighted by molar-refractivity contribution is 6.00. The van der Waals surface area contributed by atoms with Crippen LogP contribution in [0, 0.1) is 6.20 Å². The van der Waals surface area contributed by atoms with Gasteiger partial charge >= 0.3 is 0 Å². The number of hydrogen-bond donors (Lipinski definition) is 0. The Hall–Kier alpha value is -2.03. The summed E-state index contributed by atoms with van der Waals surface area (Å²) in [5.74, 6) is 0. The Labute approximate surface area is 80.5 Å². The molecule has 0 unspecified atom stereocenters. The standard InChI is InChI=1S/C11H6N3/c1-3-8-10(12-5-1)7-14-9-4-2-6-13-11(8)9/h1-4,6-7H. The van der Waals surface area contributed by atoms with Crippen molar-refractivity contribution in [2.24, 2.45) is 0 Å². The van der Waals surface area contributed by atoms with E-state index < -0.39 is 0 Å². The predicted molar refractivity (Wildman–Crippen MR) is 53.7 cm³/mol. The first-order valence-corrected chi connectivity index (χ1v) is 4.32. The van der Waals surface area contributed by atoms with Gasteiger partial charge in [0.1, 0.15) is 0 Å². The predicted octanol–water partition coefficient (Wildman–Crippen LogP) is 1.98. The normalized spacial score (nSPS) is 10.9. The molecule has 1 radical (unpaired) electrons. The van der Waals surface area contributed by atoms with Crippen molar-refractivity contribution in [3.63, 3.8) is 0 Å². The summed E-state index contributed by atoms with van der Waals surface area (Å²) in [5, 5.41) is 1.02. The van der Waals surface area contributed by atoms with Crippen LogP contribution in [0.2, 0.25) is 0 Å². The quantitative estimate of drug-likeness (QED) is 0.496. The van der Waals surface area contributed by atoms with Gasteiger partial charge in [-0.15, -0.1) is 0 Å². The first-order chi connectivity index (χ1) is 6.95. The summed E-state index contributed by atoms with van der Waals surface area (Å²) in [6, 6.07) is 7.57. The van der Waals surface area contributed by atoms with Crippen molar-refractivity contribution >= 4 is 21.9 Å². The van der Waals surface area contributed by atoms with Gasteiger partial charge in [0.25, 0.3) is 0 Å². The highest BCUT2D eigenvalue weighted by atomic mass is 14.8. The van der Waals surface area contributed by atoms with E-state index in [1.807, 2.05) is 18.2 Å². The number of nitrogens with zero attached hydrogens (tertiary/aromatic N) is 3. The van der Waals surface area contributed by atoms with Crippen molar-refractivity contribution in [1.29, 1.82) is 0 Å². The molecule has 3 nitrogen and oxygen atoms in total. The summed E-state index contributed by atoms with van der Waals surface area (Å²) in [5.41, 5.74) is 2.62. The summed E-state index contributed by atoms with van der Waals surface area (Å²) in [4.78, 5) is 12.7. The molecule has 0 atom stereocenters. The van der Waals surface area contributed by atoms with Gasteiger partial charge in [-0.2, -0.15) is 0 Å². The molecule has 3 aromatic rings. The van der Waals surface area contributed by atoms with Crippen molar-refractivity contribution in [3.05, 3.63) is 42.9 Å². The zero-order valence-electron chi connectivity index (χ0n) is 7.31. The second kappa shape index (κ2) is 2.73. The van der Waals surface area contributed by atoms with Gasteiger partial charge in [-0.1, -0.05) is 0 Å². The van der Waals surface area contributed by atoms with E-state index in [0.29, 0.717) is 0 Å². The van der Waals surface area contributed by atoms with Gasteiger partial charge in [-0.3, -0.25) is 9.97 Å². The Morgan fingerprint density at radius 1 is 1.07 bits per heavy atom. The minimum atomic E-state index is 0.832. The SMILES string of the molecule is [c]1ccc2c(cnc3cccnc32)n1. The lowest BCUT2D eigenvalue weighted by molar-refractivity contribution is 1.32. The van der Waals surface area contributed by atoms with Crippen molar-refractivity contribution < 1.29 is 0 Å². The second-order valence-electron chi connectivity index (χ2n) is 3.00. The zero-order valence-corrected chi connectivity index (χ0v) is 7.31. The molecule has 3 heterocycles. The molecule has 3 heteroatoms. The van der Waals surface area contributed by atoms with Gasteiger partial charge in [-0.25, -0.2) is 4.98 Å². The molecule has 0 aliphatic rings. The van der Waals surface area contributed by atoms with E-state index in [1.54, 1.807) is 18.5 Å². The Balaban J connectivity index is 2.61. The lowest BCUT2D eigenvalue weighted by Crippen LogP contribution is -1.86. The average molecular weight is 180 g/mol. The number of aromatic nitrogens is 3. The van der Waals surface area contributed by atoms with E-state index in [1.165, 1.54) is 0 Å². The van der Waals surface area contributed by atoms with Crippen molar-refractivity contribution in [2.75, 3.05) is 0 Å². The van der Waals surface area contributed by atoms with E-state index in [2.05, 4.69) is 21.1 Å². The number of rotatable bonds is 0. The fourth-order valence-electron chi connectivity index (χ4n) is 1.51. The minimum absolute atomic E-state index is 0.832. The number of pyridine rings is 3. The van der Waals surface area contributed by atoms with Crippen LogP contribution in [0.4, 0.5) is 0 Å². The third kappa shape index (κ3) is 0.956. The highest BCUT2D eigenvalue weighted by Gasteiger charge is 2.01. The minimum Gasteiger partial charge on any atom is -0.254 e. The van der Waals surface area contributed by atoms with Crippen LogP contribution in [0.3, 0.4) is 0 Å². The third-order valence-corrected chi connectivity index (χ3v) is 2.15. The molecule has 0 fully saturated rings. The van der Waals surface area contributed by atoms with E-state index in [4.69, 9.17) is 0 Å². The van der Waals surface area contributed by atoms with E-state index >= 15 is 0 Å². The van der Waals surface area contributed by atoms with Crippen LogP contribution in [-0.2, 0) is 0 Å². The van der Waals surface area contributed by atoms with Gasteiger partial charge in [-0.05, 0) is 24.3 Å². The van der Waals surface area contributed by atoms with Crippen molar-refractivity contribution in [1.82, 2.24) is 15.0 Å². The maximum Gasteiger partial charge on any atom is 0.0980 e. The van der Waals surface area contributed by atoms with Gasteiger partial charge in [0.2, 0.25) is 0 Å². The number of hydrogen-bond acceptors (Lipinski definition) is 3. The fourth-order valence-corrected chi connectivity index (χ4v) is 1.51. The first kappa shape index (κ1) is 7.38. The molecule has 65 valence electrons. The van der Waals surface area contributed by atoms with Crippen LogP contribution in [0.5, 0.6) is 0 Å². The van der Waals surface area contributed by atoms with E-state index in [9.17, 15) is 0 Å². The largest absolute Gasteiger partial charge is 0.254 e. The molecule has 0 aliphatic heterocycles. The molecule has 14 heavy (non-hydrogen) atoms. The first-order valence-electron chi connectivity index (χ1n) is 4.32. The smallest absolute Gasteiger partial charge is 0.0980 e. The summed E-state index contributed by atoms with van der Waals surface area (Å²) in [7, 11) is 0. The van der Waals surface area contributed by atoms with Gasteiger partial charge < -0.3 is 0 Å². The van der Waals surface area contributed by atoms with Gasteiger partial charge in [0, 0.05) is 11.6 Å². The molecule has 3 aromatic heterocycles. The van der Waals surface area contributed by atoms with Crippen LogP contribution in [-0.4, -0.2) is 15.0 Å². The van der Waals surface area contributed by atoms with Crippen molar-refractivity contribution in [3.8, 4) is 0 Å². The van der Waals surface area contributed by atoms with Crippen LogP contribution >= 0.6 is 0 Å². The van der Waals surface area contributed by atoms with E-state index in [-0.39, 0.29) is 0 Å². The van der Waals surface area contributed by atoms with Crippen molar-refractivity contribution in [2.45, 2.75) is 0 Å². The molecule has 0 saturated carbocycles. The summed E-state index contributed by atoms with van der Waals surface area (Å²) in [6.45, 7) is 0. The molecule has 0 amide bonds. The van der Waals surface area contributed by atoms with Gasteiger partial charge in [0.05, 0.1) is 28.9 Å². The molecule has 0 N–H and O–H groups in total. The zero-order chi connectivity index (χ0) is 9.38. The average Bonchev–Trinajstić information content (AvgIpc) is 2.29. The molecule has 0 aliphatic carbocycles. The van der Waals surface area contributed by atoms with Crippen LogP contribution in [0.25, 0.3) is 21.9 Å². The molecule has 0 saturated heterocycles. The lowest BCUT2D eigenvalue weighted by Gasteiger charge is -1.99. The van der Waals surface area contributed by atoms with Gasteiger partial charge in [0.15, 0.2) is 0 Å². The lowest BCUT2D eigenvalue weighted by atomic mass is 10.2. The fraction of sp³-hybridized carbons (Fsp3) is 0. The van der Waals surface area contributed by atoms with Crippen LogP contribution < -0.4 is 0 Å². The molecule has 3 rings (SSSR count). The Morgan fingerprint density at radius 2 is 2.07 bits per heavy atom. The molecule has 0 spiro atoms. The van der Waals surface area contributed by atoms with Crippen LogP contribution in [0.15, 0.2) is 36.7 Å². The molecule has 0 aromatic carbocycles. The Bertz CT molecular complexity index is 550. The molecular weight excluding hydrogens is 174 g/mol. The monoisotopic (exact) mass is 180 g/mol. The number of fused-ring (bicyclic) bond motifs is 3. The topological polar surface area (TPSA) is 38.7 Å². The Kier molecular flexibility index (Phi) is 1.44. The summed E-state index contributed by atoms with van der Waals surface area (Å²) in [6.07, 6.45) is 6.29. The van der Waals surface area contributed by atoms with Crippen LogP contribution in [0.1, 0.15) is 0 Å². The van der Waals surface area contributed by atoms with E-state index in [0.717, 1.165) is 21.9 Å². The summed E-state index contributed by atoms with van der Waals surface area (Å²) >= 11 is 0.